The number of carboxylic acids is 1. The van der Waals surface area contributed by atoms with Crippen LogP contribution in [0.4, 0.5) is 0 Å². The Labute approximate surface area is 174 Å². The molecular weight excluding hydrogens is 388 g/mol. The van der Waals surface area contributed by atoms with Gasteiger partial charge in [0.15, 0.2) is 5.78 Å². The maximum atomic E-state index is 13.2. The largest absolute Gasteiger partial charge is 0.489 e. The van der Waals surface area contributed by atoms with Crippen molar-refractivity contribution in [2.75, 3.05) is 0 Å². The number of carbonyl (C=O) groups is 2. The quantitative estimate of drug-likeness (QED) is 0.458. The molecule has 0 radical (unpaired) electrons. The molecule has 0 fully saturated rings. The van der Waals surface area contributed by atoms with E-state index in [1.165, 1.54) is 0 Å². The molecule has 0 aliphatic heterocycles. The van der Waals surface area contributed by atoms with Gasteiger partial charge in [-0.05, 0) is 35.7 Å². The van der Waals surface area contributed by atoms with Crippen molar-refractivity contribution < 1.29 is 19.4 Å². The molecule has 1 N–H and O–H groups in total. The molecule has 0 aliphatic carbocycles. The predicted octanol–water partition coefficient (Wildman–Crippen LogP) is 5.75. The van der Waals surface area contributed by atoms with E-state index >= 15 is 0 Å². The molecule has 4 nitrogen and oxygen atoms in total. The summed E-state index contributed by atoms with van der Waals surface area (Å²) < 4.78 is 5.82. The van der Waals surface area contributed by atoms with E-state index in [4.69, 9.17) is 21.4 Å². The van der Waals surface area contributed by atoms with Gasteiger partial charge < -0.3 is 9.84 Å². The van der Waals surface area contributed by atoms with Crippen molar-refractivity contribution in [2.24, 2.45) is 0 Å². The van der Waals surface area contributed by atoms with Gasteiger partial charge in [0.1, 0.15) is 12.4 Å². The molecule has 0 saturated heterocycles. The van der Waals surface area contributed by atoms with Crippen molar-refractivity contribution in [3.8, 4) is 5.75 Å². The summed E-state index contributed by atoms with van der Waals surface area (Å²) in [6.07, 6.45) is 0.0544. The van der Waals surface area contributed by atoms with Crippen LogP contribution in [0.1, 0.15) is 40.2 Å². The highest BCUT2D eigenvalue weighted by atomic mass is 35.5. The number of hydrogen-bond donors (Lipinski definition) is 1. The number of benzene rings is 3. The molecule has 0 aromatic heterocycles. The van der Waals surface area contributed by atoms with Crippen LogP contribution >= 0.6 is 11.6 Å². The van der Waals surface area contributed by atoms with Crippen LogP contribution in [0, 0.1) is 0 Å². The lowest BCUT2D eigenvalue weighted by atomic mass is 9.87. The molecule has 0 aliphatic rings. The first-order valence-corrected chi connectivity index (χ1v) is 9.69. The van der Waals surface area contributed by atoms with Crippen LogP contribution in [0.25, 0.3) is 0 Å². The Morgan fingerprint density at radius 1 is 0.931 bits per heavy atom. The van der Waals surface area contributed by atoms with Crippen LogP contribution in [-0.4, -0.2) is 16.9 Å². The molecule has 148 valence electrons. The lowest BCUT2D eigenvalue weighted by molar-refractivity contribution is -0.137. The Morgan fingerprint density at radius 3 is 2.38 bits per heavy atom. The number of ketones is 1. The summed E-state index contributed by atoms with van der Waals surface area (Å²) >= 11 is 6.29. The number of aliphatic carboxylic acids is 1. The molecule has 5 heteroatoms. The summed E-state index contributed by atoms with van der Waals surface area (Å²) in [6.45, 7) is 0.394. The van der Waals surface area contributed by atoms with Gasteiger partial charge in [-0.1, -0.05) is 72.3 Å². The van der Waals surface area contributed by atoms with Crippen molar-refractivity contribution in [2.45, 2.75) is 25.4 Å². The van der Waals surface area contributed by atoms with Crippen molar-refractivity contribution in [1.29, 1.82) is 0 Å². The Morgan fingerprint density at radius 2 is 1.66 bits per heavy atom. The van der Waals surface area contributed by atoms with Gasteiger partial charge in [0.25, 0.3) is 0 Å². The fourth-order valence-corrected chi connectivity index (χ4v) is 3.40. The summed E-state index contributed by atoms with van der Waals surface area (Å²) in [6, 6.07) is 23.8. The second kappa shape index (κ2) is 9.89. The molecular formula is C24H21ClO4. The third kappa shape index (κ3) is 5.69. The third-order valence-electron chi connectivity index (χ3n) is 4.61. The van der Waals surface area contributed by atoms with Crippen molar-refractivity contribution in [1.82, 2.24) is 0 Å². The maximum absolute atomic E-state index is 13.2. The summed E-state index contributed by atoms with van der Waals surface area (Å²) in [4.78, 5) is 24.3. The zero-order valence-electron chi connectivity index (χ0n) is 15.8. The molecule has 0 heterocycles. The molecule has 1 atom stereocenters. The highest BCUT2D eigenvalue weighted by Gasteiger charge is 2.25. The van der Waals surface area contributed by atoms with Gasteiger partial charge in [-0.3, -0.25) is 9.59 Å². The van der Waals surface area contributed by atoms with Crippen LogP contribution < -0.4 is 4.74 Å². The zero-order valence-corrected chi connectivity index (χ0v) is 16.5. The molecule has 0 saturated carbocycles. The Balaban J connectivity index is 1.81. The molecule has 3 rings (SSSR count). The molecule has 3 aromatic rings. The van der Waals surface area contributed by atoms with Gasteiger partial charge in [-0.25, -0.2) is 0 Å². The Hall–Kier alpha value is -3.11. The Bertz CT molecular complexity index is 985. The lowest BCUT2D eigenvalue weighted by Crippen LogP contribution is -2.15. The van der Waals surface area contributed by atoms with Crippen molar-refractivity contribution in [3.63, 3.8) is 0 Å². The first-order valence-electron chi connectivity index (χ1n) is 9.32. The SMILES string of the molecule is O=C(O)CC[C@H](C(=O)c1cccc(OCc2ccccc2)c1)c1ccccc1Cl. The van der Waals surface area contributed by atoms with Gasteiger partial charge >= 0.3 is 5.97 Å². The Kier molecular flexibility index (Phi) is 7.04. The van der Waals surface area contributed by atoms with E-state index in [9.17, 15) is 9.59 Å². The number of carboxylic acid groups (broad SMARTS) is 1. The van der Waals surface area contributed by atoms with Crippen LogP contribution in [0.5, 0.6) is 5.75 Å². The average Bonchev–Trinajstić information content (AvgIpc) is 2.74. The number of hydrogen-bond acceptors (Lipinski definition) is 3. The molecule has 3 aromatic carbocycles. The zero-order chi connectivity index (χ0) is 20.6. The summed E-state index contributed by atoms with van der Waals surface area (Å²) in [5, 5.41) is 9.54. The van der Waals surface area contributed by atoms with Crippen molar-refractivity contribution in [3.05, 3.63) is 101 Å². The van der Waals surface area contributed by atoms with Gasteiger partial charge in [-0.2, -0.15) is 0 Å². The van der Waals surface area contributed by atoms with E-state index in [0.29, 0.717) is 28.5 Å². The second-order valence-corrected chi connectivity index (χ2v) is 7.08. The van der Waals surface area contributed by atoms with E-state index in [-0.39, 0.29) is 18.6 Å². The summed E-state index contributed by atoms with van der Waals surface area (Å²) in [7, 11) is 0. The normalized spacial score (nSPS) is 11.6. The van der Waals surface area contributed by atoms with E-state index in [1.807, 2.05) is 30.3 Å². The summed E-state index contributed by atoms with van der Waals surface area (Å²) in [5.41, 5.74) is 2.13. The number of Topliss-reactive ketones (excluding diaryl/α,β-unsaturated/α-hetero) is 1. The van der Waals surface area contributed by atoms with Crippen LogP contribution in [0.15, 0.2) is 78.9 Å². The van der Waals surface area contributed by atoms with E-state index in [2.05, 4.69) is 0 Å². The lowest BCUT2D eigenvalue weighted by Gasteiger charge is -2.17. The smallest absolute Gasteiger partial charge is 0.303 e. The van der Waals surface area contributed by atoms with Crippen LogP contribution in [-0.2, 0) is 11.4 Å². The van der Waals surface area contributed by atoms with Gasteiger partial charge in [0.2, 0.25) is 0 Å². The molecule has 0 unspecified atom stereocenters. The predicted molar refractivity (Wildman–Crippen MR) is 113 cm³/mol. The fourth-order valence-electron chi connectivity index (χ4n) is 3.13. The summed E-state index contributed by atoms with van der Waals surface area (Å²) in [5.74, 6) is -1.18. The van der Waals surface area contributed by atoms with E-state index < -0.39 is 11.9 Å². The third-order valence-corrected chi connectivity index (χ3v) is 4.96. The fraction of sp³-hybridized carbons (Fsp3) is 0.167. The second-order valence-electron chi connectivity index (χ2n) is 6.67. The standard InChI is InChI=1S/C24H21ClO4/c25-22-12-5-4-11-20(22)21(13-14-23(26)27)24(28)18-9-6-10-19(15-18)29-16-17-7-2-1-3-8-17/h1-12,15,21H,13-14,16H2,(H,26,27)/t21-/m0/s1. The minimum atomic E-state index is -0.949. The van der Waals surface area contributed by atoms with Crippen molar-refractivity contribution >= 4 is 23.4 Å². The highest BCUT2D eigenvalue weighted by Crippen LogP contribution is 2.32. The monoisotopic (exact) mass is 408 g/mol. The molecule has 29 heavy (non-hydrogen) atoms. The van der Waals surface area contributed by atoms with Crippen LogP contribution in [0.3, 0.4) is 0 Å². The van der Waals surface area contributed by atoms with Gasteiger partial charge in [-0.15, -0.1) is 0 Å². The number of halogens is 1. The average molecular weight is 409 g/mol. The number of ether oxygens (including phenoxy) is 1. The molecule has 0 amide bonds. The molecule has 0 spiro atoms. The van der Waals surface area contributed by atoms with E-state index in [0.717, 1.165) is 5.56 Å². The minimum absolute atomic E-state index is 0.119. The van der Waals surface area contributed by atoms with Gasteiger partial charge in [0, 0.05) is 22.9 Å². The van der Waals surface area contributed by atoms with Gasteiger partial charge in [0.05, 0.1) is 0 Å². The minimum Gasteiger partial charge on any atom is -0.489 e. The number of rotatable bonds is 9. The van der Waals surface area contributed by atoms with E-state index in [1.54, 1.807) is 48.5 Å². The van der Waals surface area contributed by atoms with Crippen LogP contribution in [0.2, 0.25) is 5.02 Å². The number of carbonyl (C=O) groups excluding carboxylic acids is 1. The first-order chi connectivity index (χ1) is 14.0. The topological polar surface area (TPSA) is 63.6 Å². The molecule has 0 bridgehead atoms. The highest BCUT2D eigenvalue weighted by molar-refractivity contribution is 6.31. The first kappa shape index (κ1) is 20.6. The maximum Gasteiger partial charge on any atom is 0.303 e.